The van der Waals surface area contributed by atoms with Crippen LogP contribution < -0.4 is 10.2 Å². The van der Waals surface area contributed by atoms with Crippen LogP contribution >= 0.6 is 0 Å². The first kappa shape index (κ1) is 12.4. The molecule has 1 heterocycles. The van der Waals surface area contributed by atoms with Gasteiger partial charge in [-0.15, -0.1) is 0 Å². The molecule has 96 valence electrons. The molecule has 2 N–H and O–H groups in total. The minimum absolute atomic E-state index is 0.166. The normalized spacial score (nSPS) is 15.4. The van der Waals surface area contributed by atoms with E-state index in [2.05, 4.69) is 5.32 Å². The third kappa shape index (κ3) is 2.16. The van der Waals surface area contributed by atoms with Gasteiger partial charge in [0.25, 0.3) is 0 Å². The molecule has 0 unspecified atom stereocenters. The molecule has 0 atom stereocenters. The minimum atomic E-state index is -0.963. The number of carbonyl (C=O) groups excluding carboxylic acids is 1. The molecule has 1 fully saturated rings. The largest absolute Gasteiger partial charge is 0.478 e. The molecule has 0 aliphatic carbocycles. The molecule has 0 saturated carbocycles. The number of amides is 2. The number of nitrogens with one attached hydrogen (secondary N) is 1. The third-order valence-electron chi connectivity index (χ3n) is 3.27. The molecule has 0 bridgehead atoms. The zero-order chi connectivity index (χ0) is 13.3. The minimum Gasteiger partial charge on any atom is -0.478 e. The Labute approximate surface area is 105 Å². The van der Waals surface area contributed by atoms with Crippen molar-refractivity contribution in [1.82, 2.24) is 5.32 Å². The number of rotatable bonds is 2. The highest BCUT2D eigenvalue weighted by atomic mass is 16.4. The Balaban J connectivity index is 2.45. The van der Waals surface area contributed by atoms with Crippen molar-refractivity contribution in [2.24, 2.45) is 0 Å². The summed E-state index contributed by atoms with van der Waals surface area (Å²) in [6.45, 7) is 4.92. The maximum atomic E-state index is 11.7. The highest BCUT2D eigenvalue weighted by Crippen LogP contribution is 2.24. The second-order valence-corrected chi connectivity index (χ2v) is 4.48. The molecule has 18 heavy (non-hydrogen) atoms. The van der Waals surface area contributed by atoms with Crippen LogP contribution in [0.5, 0.6) is 0 Å². The third-order valence-corrected chi connectivity index (χ3v) is 3.27. The van der Waals surface area contributed by atoms with Gasteiger partial charge in [-0.3, -0.25) is 4.90 Å². The number of aryl methyl sites for hydroxylation is 1. The fourth-order valence-corrected chi connectivity index (χ4v) is 2.09. The second kappa shape index (κ2) is 4.68. The van der Waals surface area contributed by atoms with Crippen molar-refractivity contribution in [3.05, 3.63) is 28.8 Å². The van der Waals surface area contributed by atoms with Gasteiger partial charge in [0.05, 0.1) is 5.56 Å². The van der Waals surface area contributed by atoms with Gasteiger partial charge in [-0.1, -0.05) is 0 Å². The van der Waals surface area contributed by atoms with Gasteiger partial charge in [0, 0.05) is 18.8 Å². The Morgan fingerprint density at radius 3 is 2.72 bits per heavy atom. The van der Waals surface area contributed by atoms with Crippen molar-refractivity contribution in [3.8, 4) is 0 Å². The SMILES string of the molecule is Cc1cc(N2CCCNC2=O)cc(C(=O)O)c1C. The fraction of sp³-hybridized carbons (Fsp3) is 0.385. The van der Waals surface area contributed by atoms with Crippen LogP contribution in [-0.4, -0.2) is 30.2 Å². The van der Waals surface area contributed by atoms with Crippen LogP contribution in [0.15, 0.2) is 12.1 Å². The van der Waals surface area contributed by atoms with Crippen LogP contribution in [0.1, 0.15) is 27.9 Å². The first-order valence-electron chi connectivity index (χ1n) is 5.90. The van der Waals surface area contributed by atoms with Crippen molar-refractivity contribution in [3.63, 3.8) is 0 Å². The number of hydrogen-bond donors (Lipinski definition) is 2. The summed E-state index contributed by atoms with van der Waals surface area (Å²) in [4.78, 5) is 24.5. The van der Waals surface area contributed by atoms with Crippen LogP contribution in [0.4, 0.5) is 10.5 Å². The second-order valence-electron chi connectivity index (χ2n) is 4.48. The van der Waals surface area contributed by atoms with Crippen LogP contribution in [-0.2, 0) is 0 Å². The standard InChI is InChI=1S/C13H16N2O3/c1-8-6-10(7-11(9(8)2)12(16)17)15-5-3-4-14-13(15)18/h6-7H,3-5H2,1-2H3,(H,14,18)(H,16,17). The van der Waals surface area contributed by atoms with E-state index >= 15 is 0 Å². The Kier molecular flexibility index (Phi) is 3.23. The molecule has 1 aliphatic rings. The van der Waals surface area contributed by atoms with E-state index in [1.807, 2.05) is 13.0 Å². The molecule has 1 saturated heterocycles. The van der Waals surface area contributed by atoms with E-state index < -0.39 is 5.97 Å². The zero-order valence-electron chi connectivity index (χ0n) is 10.5. The van der Waals surface area contributed by atoms with Gasteiger partial charge in [0.2, 0.25) is 0 Å². The molecular weight excluding hydrogens is 232 g/mol. The number of urea groups is 1. The summed E-state index contributed by atoms with van der Waals surface area (Å²) in [6, 6.07) is 3.25. The van der Waals surface area contributed by atoms with Gasteiger partial charge < -0.3 is 10.4 Å². The summed E-state index contributed by atoms with van der Waals surface area (Å²) in [7, 11) is 0. The molecule has 2 rings (SSSR count). The summed E-state index contributed by atoms with van der Waals surface area (Å²) < 4.78 is 0. The zero-order valence-corrected chi connectivity index (χ0v) is 10.5. The average molecular weight is 248 g/mol. The molecular formula is C13H16N2O3. The summed E-state index contributed by atoms with van der Waals surface area (Å²) in [5.74, 6) is -0.963. The van der Waals surface area contributed by atoms with E-state index in [0.29, 0.717) is 18.8 Å². The quantitative estimate of drug-likeness (QED) is 0.840. The molecule has 5 heteroatoms. The highest BCUT2D eigenvalue weighted by molar-refractivity contribution is 5.96. The average Bonchev–Trinajstić information content (AvgIpc) is 2.33. The van der Waals surface area contributed by atoms with E-state index in [1.165, 1.54) is 0 Å². The lowest BCUT2D eigenvalue weighted by atomic mass is 10.0. The lowest BCUT2D eigenvalue weighted by molar-refractivity contribution is 0.0696. The Hall–Kier alpha value is -2.04. The summed E-state index contributed by atoms with van der Waals surface area (Å²) in [5.41, 5.74) is 2.52. The highest BCUT2D eigenvalue weighted by Gasteiger charge is 2.21. The number of carboxylic acid groups (broad SMARTS) is 1. The fourth-order valence-electron chi connectivity index (χ4n) is 2.09. The maximum Gasteiger partial charge on any atom is 0.336 e. The number of hydrogen-bond acceptors (Lipinski definition) is 2. The van der Waals surface area contributed by atoms with Crippen molar-refractivity contribution < 1.29 is 14.7 Å². The van der Waals surface area contributed by atoms with E-state index in [-0.39, 0.29) is 11.6 Å². The van der Waals surface area contributed by atoms with Crippen LogP contribution in [0.25, 0.3) is 0 Å². The number of benzene rings is 1. The van der Waals surface area contributed by atoms with E-state index in [4.69, 9.17) is 5.11 Å². The van der Waals surface area contributed by atoms with Gasteiger partial charge in [0.1, 0.15) is 0 Å². The molecule has 0 spiro atoms. The summed E-state index contributed by atoms with van der Waals surface area (Å²) in [5, 5.41) is 11.9. The summed E-state index contributed by atoms with van der Waals surface area (Å²) >= 11 is 0. The van der Waals surface area contributed by atoms with Crippen molar-refractivity contribution >= 4 is 17.7 Å². The van der Waals surface area contributed by atoms with Crippen molar-refractivity contribution in [2.45, 2.75) is 20.3 Å². The first-order valence-corrected chi connectivity index (χ1v) is 5.90. The lowest BCUT2D eigenvalue weighted by Crippen LogP contribution is -2.46. The molecule has 1 aliphatic heterocycles. The lowest BCUT2D eigenvalue weighted by Gasteiger charge is -2.28. The van der Waals surface area contributed by atoms with E-state index in [1.54, 1.807) is 17.9 Å². The molecule has 5 nitrogen and oxygen atoms in total. The van der Waals surface area contributed by atoms with Gasteiger partial charge in [-0.25, -0.2) is 9.59 Å². The van der Waals surface area contributed by atoms with E-state index in [9.17, 15) is 9.59 Å². The monoisotopic (exact) mass is 248 g/mol. The van der Waals surface area contributed by atoms with Crippen LogP contribution in [0, 0.1) is 13.8 Å². The molecule has 1 aromatic rings. The maximum absolute atomic E-state index is 11.7. The van der Waals surface area contributed by atoms with Crippen molar-refractivity contribution in [2.75, 3.05) is 18.0 Å². The molecule has 2 amide bonds. The number of anilines is 1. The van der Waals surface area contributed by atoms with E-state index in [0.717, 1.165) is 17.5 Å². The number of aromatic carboxylic acids is 1. The van der Waals surface area contributed by atoms with Gasteiger partial charge >= 0.3 is 12.0 Å². The predicted molar refractivity (Wildman–Crippen MR) is 68.2 cm³/mol. The van der Waals surface area contributed by atoms with Gasteiger partial charge in [-0.05, 0) is 43.5 Å². The topological polar surface area (TPSA) is 69.6 Å². The Morgan fingerprint density at radius 2 is 2.11 bits per heavy atom. The Bertz CT molecular complexity index is 511. The van der Waals surface area contributed by atoms with Gasteiger partial charge in [0.15, 0.2) is 0 Å². The number of carboxylic acids is 1. The number of nitrogens with zero attached hydrogens (tertiary/aromatic N) is 1. The Morgan fingerprint density at radius 1 is 1.39 bits per heavy atom. The smallest absolute Gasteiger partial charge is 0.336 e. The number of carbonyl (C=O) groups is 2. The molecule has 1 aromatic carbocycles. The van der Waals surface area contributed by atoms with Gasteiger partial charge in [-0.2, -0.15) is 0 Å². The first-order chi connectivity index (χ1) is 8.50. The molecule has 0 radical (unpaired) electrons. The molecule has 0 aromatic heterocycles. The van der Waals surface area contributed by atoms with Crippen LogP contribution in [0.3, 0.4) is 0 Å². The summed E-state index contributed by atoms with van der Waals surface area (Å²) in [6.07, 6.45) is 0.862. The van der Waals surface area contributed by atoms with Crippen LogP contribution in [0.2, 0.25) is 0 Å². The van der Waals surface area contributed by atoms with Crippen molar-refractivity contribution in [1.29, 1.82) is 0 Å². The predicted octanol–water partition coefficient (Wildman–Crippen LogP) is 1.92.